The molecule has 0 aromatic heterocycles. The van der Waals surface area contributed by atoms with Crippen LogP contribution in [0, 0.1) is 0 Å². The van der Waals surface area contributed by atoms with E-state index >= 15 is 0 Å². The summed E-state index contributed by atoms with van der Waals surface area (Å²) in [5.41, 5.74) is 3.81. The fourth-order valence-electron chi connectivity index (χ4n) is 3.53. The van der Waals surface area contributed by atoms with Crippen LogP contribution in [0.15, 0.2) is 46.8 Å². The summed E-state index contributed by atoms with van der Waals surface area (Å²) in [6, 6.07) is 6.56. The number of thiocarbonyl (C=S) groups is 2. The molecule has 1 aromatic carbocycles. The molecule has 2 atom stereocenters. The predicted molar refractivity (Wildman–Crippen MR) is 119 cm³/mol. The van der Waals surface area contributed by atoms with Gasteiger partial charge >= 0.3 is 11.9 Å². The van der Waals surface area contributed by atoms with Gasteiger partial charge in [0.2, 0.25) is 0 Å². The highest BCUT2D eigenvalue weighted by atomic mass is 32.1. The van der Waals surface area contributed by atoms with E-state index in [0.29, 0.717) is 32.8 Å². The molecule has 2 heterocycles. The Morgan fingerprint density at radius 2 is 1.10 bits per heavy atom. The van der Waals surface area contributed by atoms with Gasteiger partial charge in [0.1, 0.15) is 0 Å². The second-order valence-electron chi connectivity index (χ2n) is 6.79. The number of carbonyl (C=O) groups excluding carboxylic acids is 2. The van der Waals surface area contributed by atoms with Crippen LogP contribution >= 0.6 is 24.4 Å². The standard InChI is InChI=1S/C20H22N4O4S2/c1-9-13(17(25)27-3)15(23-19(29)21-9)11-5-7-12(8-6-11)16-14(18(26)28-4)10(2)22-20(30)24-16/h5-8,15-16H,1-4H3,(H2,21,23,29)(H2,22,24,30). The zero-order valence-electron chi connectivity index (χ0n) is 16.9. The van der Waals surface area contributed by atoms with E-state index in [1.165, 1.54) is 14.2 Å². The molecule has 10 heteroatoms. The van der Waals surface area contributed by atoms with Gasteiger partial charge in [-0.1, -0.05) is 24.3 Å². The molecule has 0 spiro atoms. The van der Waals surface area contributed by atoms with E-state index in [1.54, 1.807) is 13.8 Å². The van der Waals surface area contributed by atoms with E-state index in [2.05, 4.69) is 21.3 Å². The van der Waals surface area contributed by atoms with Crippen LogP contribution in [-0.2, 0) is 19.1 Å². The first-order valence-corrected chi connectivity index (χ1v) is 9.91. The maximum absolute atomic E-state index is 12.3. The smallest absolute Gasteiger partial charge is 0.337 e. The number of carbonyl (C=O) groups is 2. The summed E-state index contributed by atoms with van der Waals surface area (Å²) < 4.78 is 9.87. The lowest BCUT2D eigenvalue weighted by Crippen LogP contribution is -2.45. The molecule has 0 radical (unpaired) electrons. The third-order valence-corrected chi connectivity index (χ3v) is 5.39. The summed E-state index contributed by atoms with van der Waals surface area (Å²) in [5, 5.41) is 13.0. The predicted octanol–water partition coefficient (Wildman–Crippen LogP) is 1.62. The van der Waals surface area contributed by atoms with Crippen LogP contribution in [0.5, 0.6) is 0 Å². The van der Waals surface area contributed by atoms with Crippen molar-refractivity contribution in [2.75, 3.05) is 14.2 Å². The van der Waals surface area contributed by atoms with Gasteiger partial charge < -0.3 is 30.7 Å². The van der Waals surface area contributed by atoms with E-state index in [-0.39, 0.29) is 0 Å². The minimum absolute atomic E-state index is 0.422. The molecule has 0 bridgehead atoms. The van der Waals surface area contributed by atoms with Gasteiger partial charge in [0.05, 0.1) is 37.4 Å². The number of esters is 2. The highest BCUT2D eigenvalue weighted by Gasteiger charge is 2.32. The van der Waals surface area contributed by atoms with Gasteiger partial charge in [-0.3, -0.25) is 0 Å². The Labute approximate surface area is 185 Å². The van der Waals surface area contributed by atoms with Crippen LogP contribution in [0.25, 0.3) is 0 Å². The van der Waals surface area contributed by atoms with Crippen molar-refractivity contribution < 1.29 is 19.1 Å². The third-order valence-electron chi connectivity index (χ3n) is 4.95. The number of hydrogen-bond acceptors (Lipinski definition) is 6. The number of allylic oxidation sites excluding steroid dienone is 2. The van der Waals surface area contributed by atoms with Gasteiger partial charge in [-0.2, -0.15) is 0 Å². The highest BCUT2D eigenvalue weighted by Crippen LogP contribution is 2.31. The molecule has 0 amide bonds. The van der Waals surface area contributed by atoms with Crippen molar-refractivity contribution in [1.29, 1.82) is 0 Å². The lowest BCUT2D eigenvalue weighted by atomic mass is 9.91. The van der Waals surface area contributed by atoms with Gasteiger partial charge in [0.25, 0.3) is 0 Å². The largest absolute Gasteiger partial charge is 0.466 e. The zero-order chi connectivity index (χ0) is 22.0. The molecule has 1 aromatic rings. The first kappa shape index (κ1) is 21.7. The average Bonchev–Trinajstić information content (AvgIpc) is 2.71. The summed E-state index contributed by atoms with van der Waals surface area (Å²) in [6.07, 6.45) is 0. The van der Waals surface area contributed by atoms with Crippen LogP contribution in [0.2, 0.25) is 0 Å². The Morgan fingerprint density at radius 3 is 1.40 bits per heavy atom. The molecule has 2 aliphatic rings. The molecule has 0 saturated carbocycles. The van der Waals surface area contributed by atoms with Gasteiger partial charge in [0, 0.05) is 11.4 Å². The van der Waals surface area contributed by atoms with Crippen LogP contribution < -0.4 is 21.3 Å². The molecule has 2 aliphatic heterocycles. The molecule has 2 unspecified atom stereocenters. The number of hydrogen-bond donors (Lipinski definition) is 4. The topological polar surface area (TPSA) is 101 Å². The Kier molecular flexibility index (Phi) is 6.37. The lowest BCUT2D eigenvalue weighted by Gasteiger charge is -2.31. The van der Waals surface area contributed by atoms with Gasteiger partial charge in [0.15, 0.2) is 10.2 Å². The maximum atomic E-state index is 12.3. The number of methoxy groups -OCH3 is 2. The highest BCUT2D eigenvalue weighted by molar-refractivity contribution is 7.80. The second kappa shape index (κ2) is 8.80. The van der Waals surface area contributed by atoms with Crippen molar-refractivity contribution in [3.63, 3.8) is 0 Å². The summed E-state index contributed by atoms with van der Waals surface area (Å²) >= 11 is 10.5. The molecule has 0 aliphatic carbocycles. The average molecular weight is 447 g/mol. The summed E-state index contributed by atoms with van der Waals surface area (Å²) in [5.74, 6) is -0.887. The quantitative estimate of drug-likeness (QED) is 0.403. The molecule has 0 saturated heterocycles. The summed E-state index contributed by atoms with van der Waals surface area (Å²) in [7, 11) is 2.68. The monoisotopic (exact) mass is 446 g/mol. The maximum Gasteiger partial charge on any atom is 0.337 e. The molecule has 0 fully saturated rings. The molecule has 8 nitrogen and oxygen atoms in total. The van der Waals surface area contributed by atoms with Crippen molar-refractivity contribution in [2.45, 2.75) is 25.9 Å². The van der Waals surface area contributed by atoms with Crippen molar-refractivity contribution in [3.05, 3.63) is 57.9 Å². The van der Waals surface area contributed by atoms with Crippen molar-refractivity contribution in [2.24, 2.45) is 0 Å². The minimum Gasteiger partial charge on any atom is -0.466 e. The van der Waals surface area contributed by atoms with E-state index < -0.39 is 24.0 Å². The van der Waals surface area contributed by atoms with E-state index in [1.807, 2.05) is 24.3 Å². The first-order chi connectivity index (χ1) is 14.3. The Hall–Kier alpha value is -2.98. The minimum atomic E-state index is -0.459. The van der Waals surface area contributed by atoms with Crippen LogP contribution in [0.4, 0.5) is 0 Å². The van der Waals surface area contributed by atoms with Crippen molar-refractivity contribution in [1.82, 2.24) is 21.3 Å². The molecule has 30 heavy (non-hydrogen) atoms. The fourth-order valence-corrected chi connectivity index (χ4v) is 4.07. The van der Waals surface area contributed by atoms with Crippen LogP contribution in [-0.4, -0.2) is 36.4 Å². The van der Waals surface area contributed by atoms with Crippen molar-refractivity contribution >= 4 is 46.6 Å². The van der Waals surface area contributed by atoms with Crippen molar-refractivity contribution in [3.8, 4) is 0 Å². The normalized spacial score (nSPS) is 21.2. The Balaban J connectivity index is 1.97. The van der Waals surface area contributed by atoms with Crippen LogP contribution in [0.3, 0.4) is 0 Å². The molecule has 4 N–H and O–H groups in total. The summed E-state index contributed by atoms with van der Waals surface area (Å²) in [6.45, 7) is 3.55. The Morgan fingerprint density at radius 1 is 0.767 bits per heavy atom. The van der Waals surface area contributed by atoms with Gasteiger partial charge in [-0.25, -0.2) is 9.59 Å². The van der Waals surface area contributed by atoms with Gasteiger partial charge in [-0.05, 0) is 49.4 Å². The SMILES string of the molecule is COC(=O)C1=C(C)NC(=S)NC1c1ccc(C2NC(=S)NC(C)=C2C(=O)OC)cc1. The third kappa shape index (κ3) is 4.14. The summed E-state index contributed by atoms with van der Waals surface area (Å²) in [4.78, 5) is 24.6. The number of nitrogens with one attached hydrogen (secondary N) is 4. The van der Waals surface area contributed by atoms with E-state index in [9.17, 15) is 9.59 Å². The first-order valence-electron chi connectivity index (χ1n) is 9.09. The van der Waals surface area contributed by atoms with Crippen LogP contribution in [0.1, 0.15) is 37.1 Å². The molecule has 3 rings (SSSR count). The molecule has 158 valence electrons. The van der Waals surface area contributed by atoms with E-state index in [4.69, 9.17) is 33.9 Å². The van der Waals surface area contributed by atoms with Gasteiger partial charge in [-0.15, -0.1) is 0 Å². The second-order valence-corrected chi connectivity index (χ2v) is 7.61. The Bertz CT molecular complexity index is 906. The number of ether oxygens (including phenoxy) is 2. The molecular formula is C20H22N4O4S2. The molecular weight excluding hydrogens is 424 g/mol. The zero-order valence-corrected chi connectivity index (χ0v) is 18.5. The lowest BCUT2D eigenvalue weighted by molar-refractivity contribution is -0.137. The van der Waals surface area contributed by atoms with E-state index in [0.717, 1.165) is 11.1 Å². The number of rotatable bonds is 4. The number of benzene rings is 1. The fraction of sp³-hybridized carbons (Fsp3) is 0.300.